The van der Waals surface area contributed by atoms with E-state index in [0.717, 1.165) is 43.8 Å². The van der Waals surface area contributed by atoms with Gasteiger partial charge in [-0.05, 0) is 62.0 Å². The van der Waals surface area contributed by atoms with Crippen LogP contribution in [0.4, 0.5) is 0 Å². The van der Waals surface area contributed by atoms with Crippen molar-refractivity contribution in [3.63, 3.8) is 0 Å². The molecule has 1 unspecified atom stereocenters. The third-order valence-corrected chi connectivity index (χ3v) is 6.57. The van der Waals surface area contributed by atoms with E-state index in [0.29, 0.717) is 0 Å². The van der Waals surface area contributed by atoms with Crippen LogP contribution in [0.5, 0.6) is 11.5 Å². The van der Waals surface area contributed by atoms with Crippen LogP contribution in [0, 0.1) is 0 Å². The van der Waals surface area contributed by atoms with E-state index in [9.17, 15) is 0 Å². The summed E-state index contributed by atoms with van der Waals surface area (Å²) in [7, 11) is 3.99. The summed E-state index contributed by atoms with van der Waals surface area (Å²) in [5, 5.41) is 2.12. The fourth-order valence-corrected chi connectivity index (χ4v) is 4.86. The van der Waals surface area contributed by atoms with E-state index in [4.69, 9.17) is 9.47 Å². The molecule has 1 fully saturated rings. The Morgan fingerprint density at radius 2 is 2.23 bits per heavy atom. The molecular weight excluding hydrogens is 344 g/mol. The normalized spacial score (nSPS) is 21.2. The summed E-state index contributed by atoms with van der Waals surface area (Å²) >= 11 is 1.76. The standard InChI is InChI=1S/C21H28N2O2S/c1-22-8-3-5-18(22)7-9-23-10-11-25-21-17(15-23)13-16(14-19(21)24-2)20-6-4-12-26-20/h4,6,12-14,18H,3,5,7-11,15H2,1-2H3. The molecule has 2 aromatic rings. The Hall–Kier alpha value is -1.56. The van der Waals surface area contributed by atoms with Crippen LogP contribution in [0.25, 0.3) is 10.4 Å². The van der Waals surface area contributed by atoms with Gasteiger partial charge in [-0.3, -0.25) is 4.90 Å². The average Bonchev–Trinajstić information content (AvgIpc) is 3.27. The zero-order valence-corrected chi connectivity index (χ0v) is 16.6. The maximum absolute atomic E-state index is 6.09. The van der Waals surface area contributed by atoms with Gasteiger partial charge in [0.15, 0.2) is 11.5 Å². The first-order valence-corrected chi connectivity index (χ1v) is 10.4. The lowest BCUT2D eigenvalue weighted by atomic mass is 10.1. The molecule has 2 aliphatic rings. The number of hydrogen-bond acceptors (Lipinski definition) is 5. The van der Waals surface area contributed by atoms with Gasteiger partial charge in [0, 0.05) is 36.1 Å². The highest BCUT2D eigenvalue weighted by molar-refractivity contribution is 7.13. The molecule has 0 amide bonds. The Labute approximate surface area is 160 Å². The second-order valence-corrected chi connectivity index (χ2v) is 8.28. The Morgan fingerprint density at radius 3 is 2.96 bits per heavy atom. The van der Waals surface area contributed by atoms with Gasteiger partial charge in [-0.2, -0.15) is 0 Å². The van der Waals surface area contributed by atoms with Crippen molar-refractivity contribution in [3.05, 3.63) is 35.2 Å². The van der Waals surface area contributed by atoms with Crippen molar-refractivity contribution in [1.29, 1.82) is 0 Å². The molecule has 0 radical (unpaired) electrons. The number of ether oxygens (including phenoxy) is 2. The second-order valence-electron chi connectivity index (χ2n) is 7.33. The van der Waals surface area contributed by atoms with Crippen molar-refractivity contribution in [1.82, 2.24) is 9.80 Å². The lowest BCUT2D eigenvalue weighted by Gasteiger charge is -2.24. The largest absolute Gasteiger partial charge is 0.493 e. The predicted octanol–water partition coefficient (Wildman–Crippen LogP) is 4.10. The Kier molecular flexibility index (Phi) is 5.48. The molecule has 5 heteroatoms. The highest BCUT2D eigenvalue weighted by Crippen LogP contribution is 2.39. The van der Waals surface area contributed by atoms with Crippen LogP contribution in [0.2, 0.25) is 0 Å². The molecular formula is C21H28N2O2S. The van der Waals surface area contributed by atoms with Gasteiger partial charge >= 0.3 is 0 Å². The molecule has 3 heterocycles. The van der Waals surface area contributed by atoms with Gasteiger partial charge in [-0.15, -0.1) is 11.3 Å². The molecule has 0 aliphatic carbocycles. The lowest BCUT2D eigenvalue weighted by Crippen LogP contribution is -2.32. The van der Waals surface area contributed by atoms with Crippen LogP contribution in [0.15, 0.2) is 29.6 Å². The Morgan fingerprint density at radius 1 is 1.31 bits per heavy atom. The number of nitrogens with zero attached hydrogens (tertiary/aromatic N) is 2. The molecule has 140 valence electrons. The van der Waals surface area contributed by atoms with E-state index in [2.05, 4.69) is 46.5 Å². The molecule has 0 spiro atoms. The number of thiophene rings is 1. The van der Waals surface area contributed by atoms with Gasteiger partial charge in [-0.1, -0.05) is 6.07 Å². The SMILES string of the molecule is COc1cc(-c2cccs2)cc2c1OCCN(CCC1CCCN1C)C2. The molecule has 4 nitrogen and oxygen atoms in total. The maximum atomic E-state index is 6.09. The minimum absolute atomic E-state index is 0.724. The van der Waals surface area contributed by atoms with E-state index in [-0.39, 0.29) is 0 Å². The summed E-state index contributed by atoms with van der Waals surface area (Å²) in [6.45, 7) is 5.01. The Bertz CT molecular complexity index is 732. The highest BCUT2D eigenvalue weighted by Gasteiger charge is 2.24. The summed E-state index contributed by atoms with van der Waals surface area (Å²) in [5.41, 5.74) is 2.46. The number of rotatable bonds is 5. The van der Waals surface area contributed by atoms with E-state index in [1.807, 2.05) is 0 Å². The number of likely N-dealkylation sites (tertiary alicyclic amines) is 1. The van der Waals surface area contributed by atoms with Crippen LogP contribution < -0.4 is 9.47 Å². The molecule has 0 bridgehead atoms. The zero-order chi connectivity index (χ0) is 17.9. The van der Waals surface area contributed by atoms with Crippen LogP contribution in [0.3, 0.4) is 0 Å². The van der Waals surface area contributed by atoms with Crippen LogP contribution in [-0.2, 0) is 6.54 Å². The summed E-state index contributed by atoms with van der Waals surface area (Å²) in [6, 6.07) is 9.39. The van der Waals surface area contributed by atoms with Gasteiger partial charge in [-0.25, -0.2) is 0 Å². The molecule has 4 rings (SSSR count). The molecule has 1 saturated heterocycles. The fraction of sp³-hybridized carbons (Fsp3) is 0.524. The summed E-state index contributed by atoms with van der Waals surface area (Å²) in [6.07, 6.45) is 3.93. The summed E-state index contributed by atoms with van der Waals surface area (Å²) in [5.74, 6) is 1.77. The molecule has 1 aromatic heterocycles. The third kappa shape index (κ3) is 3.75. The molecule has 26 heavy (non-hydrogen) atoms. The minimum Gasteiger partial charge on any atom is -0.493 e. The number of fused-ring (bicyclic) bond motifs is 1. The van der Waals surface area contributed by atoms with Crippen molar-refractivity contribution in [2.45, 2.75) is 31.8 Å². The van der Waals surface area contributed by atoms with E-state index >= 15 is 0 Å². The molecule has 1 aromatic carbocycles. The van der Waals surface area contributed by atoms with Gasteiger partial charge < -0.3 is 14.4 Å². The molecule has 0 N–H and O–H groups in total. The van der Waals surface area contributed by atoms with Crippen molar-refractivity contribution in [2.24, 2.45) is 0 Å². The minimum atomic E-state index is 0.724. The zero-order valence-electron chi connectivity index (χ0n) is 15.7. The number of hydrogen-bond donors (Lipinski definition) is 0. The van der Waals surface area contributed by atoms with E-state index < -0.39 is 0 Å². The highest BCUT2D eigenvalue weighted by atomic mass is 32.1. The lowest BCUT2D eigenvalue weighted by molar-refractivity contribution is 0.197. The van der Waals surface area contributed by atoms with Crippen molar-refractivity contribution in [2.75, 3.05) is 40.4 Å². The first kappa shape index (κ1) is 17.8. The summed E-state index contributed by atoms with van der Waals surface area (Å²) < 4.78 is 11.7. The van der Waals surface area contributed by atoms with Crippen LogP contribution in [0.1, 0.15) is 24.8 Å². The number of methoxy groups -OCH3 is 1. The van der Waals surface area contributed by atoms with Crippen molar-refractivity contribution >= 4 is 11.3 Å². The van der Waals surface area contributed by atoms with Gasteiger partial charge in [0.25, 0.3) is 0 Å². The summed E-state index contributed by atoms with van der Waals surface area (Å²) in [4.78, 5) is 6.32. The van der Waals surface area contributed by atoms with Crippen molar-refractivity contribution in [3.8, 4) is 21.9 Å². The fourth-order valence-electron chi connectivity index (χ4n) is 4.14. The Balaban J connectivity index is 1.53. The monoisotopic (exact) mass is 372 g/mol. The maximum Gasteiger partial charge on any atom is 0.165 e. The quantitative estimate of drug-likeness (QED) is 0.789. The first-order valence-electron chi connectivity index (χ1n) is 9.55. The third-order valence-electron chi connectivity index (χ3n) is 5.66. The van der Waals surface area contributed by atoms with Gasteiger partial charge in [0.1, 0.15) is 6.61 Å². The van der Waals surface area contributed by atoms with E-state index in [1.54, 1.807) is 18.4 Å². The van der Waals surface area contributed by atoms with Crippen molar-refractivity contribution < 1.29 is 9.47 Å². The average molecular weight is 373 g/mol. The molecule has 2 aliphatic heterocycles. The first-order chi connectivity index (χ1) is 12.7. The van der Waals surface area contributed by atoms with Gasteiger partial charge in [0.05, 0.1) is 7.11 Å². The molecule has 1 atom stereocenters. The predicted molar refractivity (Wildman–Crippen MR) is 107 cm³/mol. The van der Waals surface area contributed by atoms with Crippen LogP contribution >= 0.6 is 11.3 Å². The van der Waals surface area contributed by atoms with Crippen LogP contribution in [-0.4, -0.2) is 56.2 Å². The van der Waals surface area contributed by atoms with Gasteiger partial charge in [0.2, 0.25) is 0 Å². The topological polar surface area (TPSA) is 24.9 Å². The number of benzene rings is 1. The molecule has 0 saturated carbocycles. The van der Waals surface area contributed by atoms with E-state index in [1.165, 1.54) is 41.8 Å². The second kappa shape index (κ2) is 7.99. The smallest absolute Gasteiger partial charge is 0.165 e.